The van der Waals surface area contributed by atoms with E-state index in [1.54, 1.807) is 6.07 Å². The Hall–Kier alpha value is -2.37. The Balaban J connectivity index is 1.65. The number of aryl methyl sites for hydroxylation is 1. The second kappa shape index (κ2) is 6.26. The van der Waals surface area contributed by atoms with E-state index < -0.39 is 0 Å². The topological polar surface area (TPSA) is 58.7 Å². The largest absolute Gasteiger partial charge is 0.508 e. The Morgan fingerprint density at radius 3 is 2.79 bits per heavy atom. The van der Waals surface area contributed by atoms with E-state index in [-0.39, 0.29) is 0 Å². The number of benzene rings is 2. The number of nitrogens with zero attached hydrogens (tertiary/aromatic N) is 2. The zero-order valence-electron chi connectivity index (χ0n) is 13.7. The van der Waals surface area contributed by atoms with E-state index in [0.717, 1.165) is 54.1 Å². The van der Waals surface area contributed by atoms with Gasteiger partial charge >= 0.3 is 0 Å². The number of phenolic OH excluding ortho intramolecular Hbond substituents is 1. The third kappa shape index (κ3) is 3.00. The monoisotopic (exact) mass is 324 g/mol. The number of oxazole rings is 1. The van der Waals surface area contributed by atoms with Gasteiger partial charge < -0.3 is 14.3 Å². The second-order valence-electron chi connectivity index (χ2n) is 6.22. The van der Waals surface area contributed by atoms with Crippen LogP contribution in [0.2, 0.25) is 0 Å². The lowest BCUT2D eigenvalue weighted by atomic mass is 10.1. The highest BCUT2D eigenvalue weighted by Gasteiger charge is 2.15. The Bertz CT molecular complexity index is 866. The van der Waals surface area contributed by atoms with E-state index in [2.05, 4.69) is 9.88 Å². The molecule has 3 aromatic rings. The van der Waals surface area contributed by atoms with Crippen LogP contribution in [0.3, 0.4) is 0 Å². The molecule has 1 N–H and O–H groups in total. The number of phenols is 1. The minimum absolute atomic E-state index is 0.303. The van der Waals surface area contributed by atoms with Gasteiger partial charge in [-0.05, 0) is 42.8 Å². The zero-order chi connectivity index (χ0) is 16.5. The van der Waals surface area contributed by atoms with Crippen molar-refractivity contribution in [2.24, 2.45) is 0 Å². The van der Waals surface area contributed by atoms with Crippen molar-refractivity contribution in [3.8, 4) is 17.2 Å². The lowest BCUT2D eigenvalue weighted by molar-refractivity contribution is 0.0339. The molecule has 5 nitrogen and oxygen atoms in total. The summed E-state index contributed by atoms with van der Waals surface area (Å²) in [7, 11) is 0. The molecule has 5 heteroatoms. The molecule has 1 aliphatic rings. The first kappa shape index (κ1) is 15.2. The smallest absolute Gasteiger partial charge is 0.227 e. The van der Waals surface area contributed by atoms with E-state index in [1.807, 2.05) is 37.3 Å². The van der Waals surface area contributed by atoms with Crippen molar-refractivity contribution in [2.75, 3.05) is 26.3 Å². The van der Waals surface area contributed by atoms with Gasteiger partial charge in [0.25, 0.3) is 0 Å². The summed E-state index contributed by atoms with van der Waals surface area (Å²) in [6.07, 6.45) is 0. The first-order valence-electron chi connectivity index (χ1n) is 8.18. The van der Waals surface area contributed by atoms with Crippen LogP contribution >= 0.6 is 0 Å². The van der Waals surface area contributed by atoms with E-state index in [1.165, 1.54) is 0 Å². The Morgan fingerprint density at radius 2 is 1.96 bits per heavy atom. The Kier molecular flexibility index (Phi) is 3.96. The Morgan fingerprint density at radius 1 is 1.12 bits per heavy atom. The van der Waals surface area contributed by atoms with Gasteiger partial charge in [-0.25, -0.2) is 4.98 Å². The average molecular weight is 324 g/mol. The average Bonchev–Trinajstić information content (AvgIpc) is 3.01. The molecular formula is C19H20N2O3. The molecule has 0 spiro atoms. The van der Waals surface area contributed by atoms with Crippen molar-refractivity contribution in [3.63, 3.8) is 0 Å². The lowest BCUT2D eigenvalue weighted by Gasteiger charge is -2.26. The zero-order valence-corrected chi connectivity index (χ0v) is 13.7. The molecule has 1 fully saturated rings. The summed E-state index contributed by atoms with van der Waals surface area (Å²) in [5.74, 6) is 0.885. The number of fused-ring (bicyclic) bond motifs is 1. The van der Waals surface area contributed by atoms with E-state index in [0.29, 0.717) is 18.2 Å². The summed E-state index contributed by atoms with van der Waals surface area (Å²) in [5, 5.41) is 10.2. The van der Waals surface area contributed by atoms with Gasteiger partial charge in [-0.1, -0.05) is 6.07 Å². The highest BCUT2D eigenvalue weighted by Crippen LogP contribution is 2.29. The third-order valence-corrected chi connectivity index (χ3v) is 4.37. The highest BCUT2D eigenvalue weighted by atomic mass is 16.5. The van der Waals surface area contributed by atoms with Crippen molar-refractivity contribution in [3.05, 3.63) is 47.5 Å². The summed E-state index contributed by atoms with van der Waals surface area (Å²) in [6, 6.07) is 11.5. The number of aromatic nitrogens is 1. The van der Waals surface area contributed by atoms with Gasteiger partial charge in [0.2, 0.25) is 5.89 Å². The fraction of sp³-hybridized carbons (Fsp3) is 0.316. The number of rotatable bonds is 3. The molecule has 0 atom stereocenters. The molecule has 2 aromatic carbocycles. The van der Waals surface area contributed by atoms with Gasteiger partial charge in [0.1, 0.15) is 11.3 Å². The predicted octanol–water partition coefficient (Wildman–Crippen LogP) is 3.34. The van der Waals surface area contributed by atoms with Gasteiger partial charge in [-0.3, -0.25) is 4.90 Å². The van der Waals surface area contributed by atoms with Gasteiger partial charge in [-0.2, -0.15) is 0 Å². The standard InChI is InChI=1S/C19H20N2O3/c1-13-2-5-18-16(10-13)20-19(24-18)14-3-4-17(22)15(11-14)12-21-6-8-23-9-7-21/h2-5,10-11,22H,6-9,12H2,1H3. The van der Waals surface area contributed by atoms with E-state index in [4.69, 9.17) is 9.15 Å². The van der Waals surface area contributed by atoms with Crippen LogP contribution < -0.4 is 0 Å². The minimum Gasteiger partial charge on any atom is -0.508 e. The third-order valence-electron chi connectivity index (χ3n) is 4.37. The van der Waals surface area contributed by atoms with Gasteiger partial charge in [0.05, 0.1) is 13.2 Å². The van der Waals surface area contributed by atoms with Gasteiger partial charge in [0.15, 0.2) is 5.58 Å². The number of ether oxygens (including phenoxy) is 1. The van der Waals surface area contributed by atoms with Crippen LogP contribution in [-0.2, 0) is 11.3 Å². The van der Waals surface area contributed by atoms with Crippen LogP contribution in [0.4, 0.5) is 0 Å². The molecular weight excluding hydrogens is 304 g/mol. The number of morpholine rings is 1. The van der Waals surface area contributed by atoms with Gasteiger partial charge in [0, 0.05) is 30.8 Å². The van der Waals surface area contributed by atoms with E-state index >= 15 is 0 Å². The normalized spacial score (nSPS) is 15.9. The molecule has 0 bridgehead atoms. The first-order chi connectivity index (χ1) is 11.7. The number of hydrogen-bond acceptors (Lipinski definition) is 5. The van der Waals surface area contributed by atoms with Crippen LogP contribution in [-0.4, -0.2) is 41.3 Å². The summed E-state index contributed by atoms with van der Waals surface area (Å²) in [6.45, 7) is 5.98. The quantitative estimate of drug-likeness (QED) is 0.801. The predicted molar refractivity (Wildman–Crippen MR) is 91.9 cm³/mol. The summed E-state index contributed by atoms with van der Waals surface area (Å²) < 4.78 is 11.2. The van der Waals surface area contributed by atoms with Crippen LogP contribution in [0, 0.1) is 6.92 Å². The molecule has 0 saturated carbocycles. The molecule has 0 unspecified atom stereocenters. The van der Waals surface area contributed by atoms with Crippen molar-refractivity contribution < 1.29 is 14.3 Å². The molecule has 0 amide bonds. The van der Waals surface area contributed by atoms with Crippen molar-refractivity contribution in [2.45, 2.75) is 13.5 Å². The maximum Gasteiger partial charge on any atom is 0.227 e. The molecule has 1 saturated heterocycles. The molecule has 0 aliphatic carbocycles. The summed E-state index contributed by atoms with van der Waals surface area (Å²) >= 11 is 0. The lowest BCUT2D eigenvalue weighted by Crippen LogP contribution is -2.35. The number of hydrogen-bond donors (Lipinski definition) is 1. The second-order valence-corrected chi connectivity index (χ2v) is 6.22. The molecule has 2 heterocycles. The molecule has 124 valence electrons. The minimum atomic E-state index is 0.303. The first-order valence-corrected chi connectivity index (χ1v) is 8.18. The molecule has 4 rings (SSSR count). The van der Waals surface area contributed by atoms with Gasteiger partial charge in [-0.15, -0.1) is 0 Å². The number of aromatic hydroxyl groups is 1. The van der Waals surface area contributed by atoms with Crippen LogP contribution in [0.25, 0.3) is 22.6 Å². The molecule has 0 radical (unpaired) electrons. The fourth-order valence-corrected chi connectivity index (χ4v) is 3.01. The molecule has 1 aromatic heterocycles. The maximum atomic E-state index is 10.2. The Labute approximate surface area is 140 Å². The van der Waals surface area contributed by atoms with Crippen LogP contribution in [0.15, 0.2) is 40.8 Å². The van der Waals surface area contributed by atoms with Crippen molar-refractivity contribution >= 4 is 11.1 Å². The summed E-state index contributed by atoms with van der Waals surface area (Å²) in [5.41, 5.74) is 4.55. The highest BCUT2D eigenvalue weighted by molar-refractivity contribution is 5.77. The maximum absolute atomic E-state index is 10.2. The van der Waals surface area contributed by atoms with Crippen molar-refractivity contribution in [1.82, 2.24) is 9.88 Å². The summed E-state index contributed by atoms with van der Waals surface area (Å²) in [4.78, 5) is 6.86. The molecule has 24 heavy (non-hydrogen) atoms. The SMILES string of the molecule is Cc1ccc2oc(-c3ccc(O)c(CN4CCOCC4)c3)nc2c1. The molecule has 1 aliphatic heterocycles. The van der Waals surface area contributed by atoms with Crippen LogP contribution in [0.1, 0.15) is 11.1 Å². The van der Waals surface area contributed by atoms with Crippen molar-refractivity contribution in [1.29, 1.82) is 0 Å². The van der Waals surface area contributed by atoms with E-state index in [9.17, 15) is 5.11 Å². The van der Waals surface area contributed by atoms with Crippen LogP contribution in [0.5, 0.6) is 5.75 Å². The fourth-order valence-electron chi connectivity index (χ4n) is 3.01.